The van der Waals surface area contributed by atoms with Crippen LogP contribution < -0.4 is 9.64 Å². The van der Waals surface area contributed by atoms with Crippen LogP contribution in [0.5, 0.6) is 5.75 Å². The van der Waals surface area contributed by atoms with Crippen LogP contribution in [0.15, 0.2) is 42.5 Å². The number of carbonyl (C=O) groups is 1. The Kier molecular flexibility index (Phi) is 6.84. The van der Waals surface area contributed by atoms with Gasteiger partial charge in [-0.15, -0.1) is 0 Å². The van der Waals surface area contributed by atoms with E-state index < -0.39 is 11.7 Å². The summed E-state index contributed by atoms with van der Waals surface area (Å²) in [4.78, 5) is 16.3. The van der Waals surface area contributed by atoms with Crippen LogP contribution in [-0.4, -0.2) is 54.3 Å². The molecule has 2 aromatic carbocycles. The Bertz CT molecular complexity index is 963. The first-order valence-corrected chi connectivity index (χ1v) is 11.6. The van der Waals surface area contributed by atoms with Crippen LogP contribution in [0.1, 0.15) is 55.4 Å². The van der Waals surface area contributed by atoms with Crippen molar-refractivity contribution in [1.82, 2.24) is 4.90 Å². The fourth-order valence-corrected chi connectivity index (χ4v) is 5.15. The average Bonchev–Trinajstić information content (AvgIpc) is 2.82. The van der Waals surface area contributed by atoms with Gasteiger partial charge < -0.3 is 19.8 Å². The van der Waals surface area contributed by atoms with Gasteiger partial charge in [-0.1, -0.05) is 37.3 Å². The van der Waals surface area contributed by atoms with Crippen molar-refractivity contribution in [2.75, 3.05) is 38.2 Å². The number of β-amino-alcohol motifs (C(OH)–C–C–N with tert-alkyl or cyclic N) is 2. The molecule has 2 heterocycles. The number of methoxy groups -OCH3 is 1. The molecule has 0 radical (unpaired) electrons. The predicted octanol–water partition coefficient (Wildman–Crippen LogP) is 3.40. The molecule has 0 spiro atoms. The second kappa shape index (κ2) is 9.61. The molecule has 172 valence electrons. The maximum atomic E-state index is 12.3. The van der Waals surface area contributed by atoms with E-state index >= 15 is 0 Å². The van der Waals surface area contributed by atoms with Crippen LogP contribution in [0.2, 0.25) is 0 Å². The van der Waals surface area contributed by atoms with E-state index in [2.05, 4.69) is 4.90 Å². The SMILES string of the molecule is CCC(=O)N1CCCc2cc([C@@H](O)CN3CCC[C@@](O)(c4ccccc4OC)C3)ccc21. The predicted molar refractivity (Wildman–Crippen MR) is 125 cm³/mol. The molecule has 0 unspecified atom stereocenters. The number of benzene rings is 2. The van der Waals surface area contributed by atoms with Gasteiger partial charge >= 0.3 is 0 Å². The van der Waals surface area contributed by atoms with Gasteiger partial charge in [0.1, 0.15) is 11.4 Å². The second-order valence-corrected chi connectivity index (χ2v) is 8.98. The van der Waals surface area contributed by atoms with Gasteiger partial charge in [-0.25, -0.2) is 0 Å². The smallest absolute Gasteiger partial charge is 0.226 e. The molecule has 2 aromatic rings. The number of likely N-dealkylation sites (tertiary alicyclic amines) is 1. The molecule has 0 aromatic heterocycles. The number of rotatable bonds is 6. The minimum Gasteiger partial charge on any atom is -0.496 e. The number of aryl methyl sites for hydroxylation is 1. The molecule has 6 heteroatoms. The highest BCUT2D eigenvalue weighted by atomic mass is 16.5. The molecule has 4 rings (SSSR count). The number of fused-ring (bicyclic) bond motifs is 1. The van der Waals surface area contributed by atoms with E-state index in [1.807, 2.05) is 54.3 Å². The largest absolute Gasteiger partial charge is 0.496 e. The summed E-state index contributed by atoms with van der Waals surface area (Å²) in [6, 6.07) is 13.6. The van der Waals surface area contributed by atoms with E-state index in [1.54, 1.807) is 7.11 Å². The molecule has 2 N–H and O–H groups in total. The van der Waals surface area contributed by atoms with Crippen LogP contribution in [-0.2, 0) is 16.8 Å². The maximum absolute atomic E-state index is 12.3. The topological polar surface area (TPSA) is 73.2 Å². The number of carbonyl (C=O) groups excluding carboxylic acids is 1. The summed E-state index contributed by atoms with van der Waals surface area (Å²) in [5, 5.41) is 22.4. The fraction of sp³-hybridized carbons (Fsp3) is 0.500. The molecule has 1 amide bonds. The van der Waals surface area contributed by atoms with E-state index in [9.17, 15) is 15.0 Å². The Morgan fingerprint density at radius 2 is 2.00 bits per heavy atom. The number of aliphatic hydroxyl groups excluding tert-OH is 1. The van der Waals surface area contributed by atoms with Crippen LogP contribution in [0.25, 0.3) is 0 Å². The fourth-order valence-electron chi connectivity index (χ4n) is 5.15. The van der Waals surface area contributed by atoms with Crippen molar-refractivity contribution in [3.63, 3.8) is 0 Å². The van der Waals surface area contributed by atoms with Gasteiger partial charge in [0.05, 0.1) is 13.2 Å². The Morgan fingerprint density at radius 1 is 1.19 bits per heavy atom. The monoisotopic (exact) mass is 438 g/mol. The number of aliphatic hydroxyl groups is 2. The molecule has 2 aliphatic heterocycles. The summed E-state index contributed by atoms with van der Waals surface area (Å²) in [7, 11) is 1.62. The minimum atomic E-state index is -0.999. The van der Waals surface area contributed by atoms with E-state index in [1.165, 1.54) is 0 Å². The van der Waals surface area contributed by atoms with Crippen LogP contribution in [0.4, 0.5) is 5.69 Å². The van der Waals surface area contributed by atoms with E-state index in [0.717, 1.165) is 54.7 Å². The summed E-state index contributed by atoms with van der Waals surface area (Å²) >= 11 is 0. The van der Waals surface area contributed by atoms with Crippen LogP contribution in [0.3, 0.4) is 0 Å². The second-order valence-electron chi connectivity index (χ2n) is 8.98. The van der Waals surface area contributed by atoms with Crippen molar-refractivity contribution in [3.05, 3.63) is 59.2 Å². The minimum absolute atomic E-state index is 0.142. The first kappa shape index (κ1) is 22.8. The summed E-state index contributed by atoms with van der Waals surface area (Å²) in [5.74, 6) is 0.835. The molecule has 32 heavy (non-hydrogen) atoms. The van der Waals surface area contributed by atoms with Crippen LogP contribution >= 0.6 is 0 Å². The number of nitrogens with zero attached hydrogens (tertiary/aromatic N) is 2. The van der Waals surface area contributed by atoms with Gasteiger partial charge in [-0.3, -0.25) is 9.69 Å². The lowest BCUT2D eigenvalue weighted by Crippen LogP contribution is -2.47. The van der Waals surface area contributed by atoms with Crippen molar-refractivity contribution < 1.29 is 19.7 Å². The summed E-state index contributed by atoms with van der Waals surface area (Å²) in [6.07, 6.45) is 3.21. The van der Waals surface area contributed by atoms with Gasteiger partial charge in [0, 0.05) is 37.3 Å². The molecule has 6 nitrogen and oxygen atoms in total. The average molecular weight is 439 g/mol. The lowest BCUT2D eigenvalue weighted by atomic mass is 9.85. The number of piperidine rings is 1. The van der Waals surface area contributed by atoms with Crippen molar-refractivity contribution in [2.24, 2.45) is 0 Å². The van der Waals surface area contributed by atoms with E-state index in [0.29, 0.717) is 31.7 Å². The molecular weight excluding hydrogens is 404 g/mol. The number of hydrogen-bond acceptors (Lipinski definition) is 5. The number of hydrogen-bond donors (Lipinski definition) is 2. The zero-order chi connectivity index (χ0) is 22.7. The third kappa shape index (κ3) is 4.53. The normalized spacial score (nSPS) is 22.3. The quantitative estimate of drug-likeness (QED) is 0.723. The standard InChI is InChI=1S/C26H34N2O4/c1-3-25(30)28-15-6-8-19-16-20(11-12-22(19)28)23(29)17-27-14-7-13-26(31,18-27)21-9-4-5-10-24(21)32-2/h4-5,9-12,16,23,29,31H,3,6-8,13-15,17-18H2,1-2H3/t23-,26-/m0/s1. The first-order chi connectivity index (χ1) is 15.4. The van der Waals surface area contributed by atoms with Crippen molar-refractivity contribution in [1.29, 1.82) is 0 Å². The van der Waals surface area contributed by atoms with E-state index in [-0.39, 0.29) is 5.91 Å². The number of amides is 1. The Labute approximate surface area is 190 Å². The highest BCUT2D eigenvalue weighted by molar-refractivity contribution is 5.94. The molecule has 1 fully saturated rings. The van der Waals surface area contributed by atoms with Crippen molar-refractivity contribution in [3.8, 4) is 5.75 Å². The third-order valence-corrected chi connectivity index (χ3v) is 6.80. The number of anilines is 1. The molecule has 2 aliphatic rings. The van der Waals surface area contributed by atoms with Gasteiger partial charge in [0.15, 0.2) is 0 Å². The highest BCUT2D eigenvalue weighted by Gasteiger charge is 2.37. The van der Waals surface area contributed by atoms with Crippen molar-refractivity contribution in [2.45, 2.75) is 50.7 Å². The molecule has 1 saturated heterocycles. The molecule has 0 saturated carbocycles. The van der Waals surface area contributed by atoms with Gasteiger partial charge in [0.25, 0.3) is 0 Å². The first-order valence-electron chi connectivity index (χ1n) is 11.6. The summed E-state index contributed by atoms with van der Waals surface area (Å²) in [6.45, 7) is 4.39. The Balaban J connectivity index is 1.48. The Hall–Kier alpha value is -2.41. The zero-order valence-corrected chi connectivity index (χ0v) is 19.1. The molecule has 0 bridgehead atoms. The third-order valence-electron chi connectivity index (χ3n) is 6.80. The lowest BCUT2D eigenvalue weighted by molar-refractivity contribution is -0.118. The maximum Gasteiger partial charge on any atom is 0.226 e. The van der Waals surface area contributed by atoms with Crippen LogP contribution in [0, 0.1) is 0 Å². The summed E-state index contributed by atoms with van der Waals surface area (Å²) in [5.41, 5.74) is 2.76. The van der Waals surface area contributed by atoms with Gasteiger partial charge in [-0.05, 0) is 55.5 Å². The van der Waals surface area contributed by atoms with Gasteiger partial charge in [0.2, 0.25) is 5.91 Å². The Morgan fingerprint density at radius 3 is 2.78 bits per heavy atom. The zero-order valence-electron chi connectivity index (χ0n) is 19.1. The molecule has 2 atom stereocenters. The number of para-hydroxylation sites is 1. The highest BCUT2D eigenvalue weighted by Crippen LogP contribution is 2.37. The van der Waals surface area contributed by atoms with Gasteiger partial charge in [-0.2, -0.15) is 0 Å². The molecular formula is C26H34N2O4. The van der Waals surface area contributed by atoms with Crippen molar-refractivity contribution >= 4 is 11.6 Å². The lowest BCUT2D eigenvalue weighted by Gasteiger charge is -2.40. The molecule has 0 aliphatic carbocycles. The van der Waals surface area contributed by atoms with E-state index in [4.69, 9.17) is 4.74 Å². The summed E-state index contributed by atoms with van der Waals surface area (Å²) < 4.78 is 5.48. The number of ether oxygens (including phenoxy) is 1.